The van der Waals surface area contributed by atoms with E-state index in [0.717, 1.165) is 12.1 Å². The lowest BCUT2D eigenvalue weighted by atomic mass is 9.92. The zero-order valence-corrected chi connectivity index (χ0v) is 10.6. The van der Waals surface area contributed by atoms with Crippen LogP contribution >= 0.6 is 0 Å². The molecule has 0 aromatic heterocycles. The minimum absolute atomic E-state index is 0.301. The van der Waals surface area contributed by atoms with Gasteiger partial charge in [-0.3, -0.25) is 4.90 Å². The Morgan fingerprint density at radius 1 is 1.26 bits per heavy atom. The van der Waals surface area contributed by atoms with Crippen molar-refractivity contribution in [1.82, 2.24) is 4.90 Å². The number of halogens is 3. The maximum atomic E-state index is 12.5. The van der Waals surface area contributed by atoms with Gasteiger partial charge in [0.2, 0.25) is 0 Å². The number of rotatable bonds is 3. The molecule has 1 fully saturated rings. The molecule has 19 heavy (non-hydrogen) atoms. The highest BCUT2D eigenvalue weighted by Crippen LogP contribution is 2.31. The molecule has 1 N–H and O–H groups in total. The molecule has 0 radical (unpaired) electrons. The van der Waals surface area contributed by atoms with Crippen molar-refractivity contribution >= 4 is 0 Å². The van der Waals surface area contributed by atoms with E-state index in [1.165, 1.54) is 0 Å². The average Bonchev–Trinajstić information content (AvgIpc) is 2.38. The lowest BCUT2D eigenvalue weighted by molar-refractivity contribution is -0.223. The maximum Gasteiger partial charge on any atom is 0.414 e. The molecule has 0 aliphatic carbocycles. The molecule has 1 aromatic carbocycles. The second-order valence-corrected chi connectivity index (χ2v) is 5.11. The summed E-state index contributed by atoms with van der Waals surface area (Å²) in [5.41, 5.74) is 1.09. The number of hydrogen-bond donors (Lipinski definition) is 1. The van der Waals surface area contributed by atoms with Crippen LogP contribution in [0.25, 0.3) is 0 Å². The molecule has 1 aromatic rings. The van der Waals surface area contributed by atoms with Crippen LogP contribution in [0, 0.1) is 5.92 Å². The number of nitrogens with zero attached hydrogens (tertiary/aromatic N) is 1. The molecule has 2 rings (SSSR count). The van der Waals surface area contributed by atoms with Crippen molar-refractivity contribution < 1.29 is 18.3 Å². The Bertz CT molecular complexity index is 393. The van der Waals surface area contributed by atoms with Gasteiger partial charge in [0.15, 0.2) is 6.10 Å². The SMILES string of the molecule is O[C@H]([C@H]1CCCN(Cc2ccccc2)C1)C(F)(F)F. The van der Waals surface area contributed by atoms with E-state index in [-0.39, 0.29) is 0 Å². The highest BCUT2D eigenvalue weighted by Gasteiger charge is 2.44. The topological polar surface area (TPSA) is 23.5 Å². The third-order valence-corrected chi connectivity index (χ3v) is 3.57. The van der Waals surface area contributed by atoms with E-state index in [2.05, 4.69) is 0 Å². The van der Waals surface area contributed by atoms with E-state index in [0.29, 0.717) is 25.9 Å². The molecule has 1 saturated heterocycles. The molecule has 0 unspecified atom stereocenters. The van der Waals surface area contributed by atoms with E-state index in [1.807, 2.05) is 35.2 Å². The van der Waals surface area contributed by atoms with Gasteiger partial charge in [-0.25, -0.2) is 0 Å². The predicted molar refractivity (Wildman–Crippen MR) is 66.5 cm³/mol. The molecule has 106 valence electrons. The predicted octanol–water partition coefficient (Wildman–Crippen LogP) is 2.82. The van der Waals surface area contributed by atoms with Crippen molar-refractivity contribution in [3.8, 4) is 0 Å². The molecule has 1 aliphatic rings. The van der Waals surface area contributed by atoms with Gasteiger partial charge >= 0.3 is 6.18 Å². The van der Waals surface area contributed by atoms with E-state index >= 15 is 0 Å². The maximum absolute atomic E-state index is 12.5. The zero-order valence-electron chi connectivity index (χ0n) is 10.6. The first-order chi connectivity index (χ1) is 8.97. The summed E-state index contributed by atoms with van der Waals surface area (Å²) >= 11 is 0. The van der Waals surface area contributed by atoms with Crippen molar-refractivity contribution in [2.24, 2.45) is 5.92 Å². The average molecular weight is 273 g/mol. The quantitative estimate of drug-likeness (QED) is 0.915. The summed E-state index contributed by atoms with van der Waals surface area (Å²) in [6.07, 6.45) is -5.58. The van der Waals surface area contributed by atoms with Crippen molar-refractivity contribution in [2.75, 3.05) is 13.1 Å². The first-order valence-electron chi connectivity index (χ1n) is 6.48. The third-order valence-electron chi connectivity index (χ3n) is 3.57. The van der Waals surface area contributed by atoms with Crippen LogP contribution in [0.5, 0.6) is 0 Å². The lowest BCUT2D eigenvalue weighted by Crippen LogP contribution is -2.45. The van der Waals surface area contributed by atoms with Gasteiger partial charge in [0, 0.05) is 19.0 Å². The van der Waals surface area contributed by atoms with Crippen LogP contribution in [0.1, 0.15) is 18.4 Å². The Morgan fingerprint density at radius 3 is 2.58 bits per heavy atom. The van der Waals surface area contributed by atoms with Crippen LogP contribution < -0.4 is 0 Å². The monoisotopic (exact) mass is 273 g/mol. The standard InChI is InChI=1S/C14H18F3NO/c15-14(16,17)13(19)12-7-4-8-18(10-12)9-11-5-2-1-3-6-11/h1-3,5-6,12-13,19H,4,7-10H2/t12-,13+/m0/s1. The van der Waals surface area contributed by atoms with Crippen LogP contribution in [0.3, 0.4) is 0 Å². The molecular weight excluding hydrogens is 255 g/mol. The van der Waals surface area contributed by atoms with Gasteiger partial charge < -0.3 is 5.11 Å². The number of hydrogen-bond acceptors (Lipinski definition) is 2. The number of alkyl halides is 3. The van der Waals surface area contributed by atoms with Crippen LogP contribution in [0.4, 0.5) is 13.2 Å². The molecule has 2 nitrogen and oxygen atoms in total. The molecule has 0 bridgehead atoms. The molecule has 2 atom stereocenters. The van der Waals surface area contributed by atoms with E-state index in [4.69, 9.17) is 0 Å². The van der Waals surface area contributed by atoms with Crippen LogP contribution in [0.15, 0.2) is 30.3 Å². The van der Waals surface area contributed by atoms with Gasteiger partial charge in [-0.2, -0.15) is 13.2 Å². The number of likely N-dealkylation sites (tertiary alicyclic amines) is 1. The first kappa shape index (κ1) is 14.3. The van der Waals surface area contributed by atoms with E-state index < -0.39 is 18.2 Å². The fourth-order valence-electron chi connectivity index (χ4n) is 2.60. The third kappa shape index (κ3) is 3.94. The summed E-state index contributed by atoms with van der Waals surface area (Å²) in [6, 6.07) is 9.67. The second kappa shape index (κ2) is 5.92. The van der Waals surface area contributed by atoms with Gasteiger partial charge in [0.1, 0.15) is 0 Å². The summed E-state index contributed by atoms with van der Waals surface area (Å²) in [4.78, 5) is 1.98. The Balaban J connectivity index is 1.94. The molecule has 0 spiro atoms. The molecular formula is C14H18F3NO. The minimum atomic E-state index is -4.51. The second-order valence-electron chi connectivity index (χ2n) is 5.11. The van der Waals surface area contributed by atoms with Crippen LogP contribution in [-0.4, -0.2) is 35.4 Å². The van der Waals surface area contributed by atoms with Crippen LogP contribution in [0.2, 0.25) is 0 Å². The molecule has 0 saturated carbocycles. The highest BCUT2D eigenvalue weighted by molar-refractivity contribution is 5.14. The Labute approximate surface area is 110 Å². The number of piperidine rings is 1. The number of benzene rings is 1. The summed E-state index contributed by atoms with van der Waals surface area (Å²) < 4.78 is 37.6. The Kier molecular flexibility index (Phi) is 4.47. The molecule has 5 heteroatoms. The fourth-order valence-corrected chi connectivity index (χ4v) is 2.60. The van der Waals surface area contributed by atoms with Crippen molar-refractivity contribution in [1.29, 1.82) is 0 Å². The van der Waals surface area contributed by atoms with Gasteiger partial charge in [-0.05, 0) is 24.9 Å². The number of aliphatic hydroxyl groups is 1. The number of aliphatic hydroxyl groups excluding tert-OH is 1. The fraction of sp³-hybridized carbons (Fsp3) is 0.571. The van der Waals surface area contributed by atoms with Crippen LogP contribution in [-0.2, 0) is 6.54 Å². The van der Waals surface area contributed by atoms with Crippen molar-refractivity contribution in [2.45, 2.75) is 31.7 Å². The van der Waals surface area contributed by atoms with Crippen molar-refractivity contribution in [3.63, 3.8) is 0 Å². The van der Waals surface area contributed by atoms with Gasteiger partial charge in [0.05, 0.1) is 0 Å². The molecule has 0 amide bonds. The largest absolute Gasteiger partial charge is 0.414 e. The highest BCUT2D eigenvalue weighted by atomic mass is 19.4. The molecule has 1 heterocycles. The zero-order chi connectivity index (χ0) is 13.9. The summed E-state index contributed by atoms with van der Waals surface area (Å²) in [6.45, 7) is 1.73. The van der Waals surface area contributed by atoms with Gasteiger partial charge in [-0.1, -0.05) is 30.3 Å². The summed E-state index contributed by atoms with van der Waals surface area (Å²) in [7, 11) is 0. The Morgan fingerprint density at radius 2 is 1.95 bits per heavy atom. The Hall–Kier alpha value is -1.07. The summed E-state index contributed by atoms with van der Waals surface area (Å²) in [5.74, 6) is -0.711. The molecule has 1 aliphatic heterocycles. The summed E-state index contributed by atoms with van der Waals surface area (Å²) in [5, 5.41) is 9.34. The lowest BCUT2D eigenvalue weighted by Gasteiger charge is -2.35. The first-order valence-corrected chi connectivity index (χ1v) is 6.48. The van der Waals surface area contributed by atoms with E-state index in [1.54, 1.807) is 0 Å². The van der Waals surface area contributed by atoms with E-state index in [9.17, 15) is 18.3 Å². The van der Waals surface area contributed by atoms with Crippen molar-refractivity contribution in [3.05, 3.63) is 35.9 Å². The normalized spacial score (nSPS) is 23.3. The van der Waals surface area contributed by atoms with Gasteiger partial charge in [-0.15, -0.1) is 0 Å². The van der Waals surface area contributed by atoms with Gasteiger partial charge in [0.25, 0.3) is 0 Å². The minimum Gasteiger partial charge on any atom is -0.383 e. The smallest absolute Gasteiger partial charge is 0.383 e.